The van der Waals surface area contributed by atoms with Gasteiger partial charge in [-0.1, -0.05) is 12.1 Å². The van der Waals surface area contributed by atoms with Gasteiger partial charge in [-0.3, -0.25) is 33.8 Å². The van der Waals surface area contributed by atoms with E-state index in [1.54, 1.807) is 23.7 Å². The normalized spacial score (nSPS) is 21.9. The number of alkyl halides is 3. The van der Waals surface area contributed by atoms with Crippen molar-refractivity contribution in [3.05, 3.63) is 66.1 Å². The molecule has 3 aliphatic rings. The Labute approximate surface area is 330 Å². The molecule has 5 aromatic rings. The van der Waals surface area contributed by atoms with Crippen LogP contribution in [0, 0.1) is 5.92 Å². The highest BCUT2D eigenvalue weighted by Gasteiger charge is 2.34. The number of rotatable bonds is 11. The first kappa shape index (κ1) is 39.1. The number of halogens is 3. The van der Waals surface area contributed by atoms with Gasteiger partial charge in [-0.25, -0.2) is 4.98 Å². The topological polar surface area (TPSA) is 164 Å². The molecule has 0 spiro atoms. The molecule has 8 rings (SSSR count). The zero-order chi connectivity index (χ0) is 40.6. The van der Waals surface area contributed by atoms with Crippen LogP contribution in [0.5, 0.6) is 17.5 Å². The van der Waals surface area contributed by atoms with Crippen LogP contribution in [-0.4, -0.2) is 99.1 Å². The molecule has 2 aromatic carbocycles. The maximum Gasteiger partial charge on any atom is 0.433 e. The average molecular weight is 805 g/mol. The predicted molar refractivity (Wildman–Crippen MR) is 204 cm³/mol. The highest BCUT2D eigenvalue weighted by Crippen LogP contribution is 2.36. The Hall–Kier alpha value is -5.75. The monoisotopic (exact) mass is 804 g/mol. The molecule has 2 N–H and O–H groups in total. The highest BCUT2D eigenvalue weighted by atomic mass is 19.4. The Morgan fingerprint density at radius 1 is 1.02 bits per heavy atom. The molecule has 0 radical (unpaired) electrons. The van der Waals surface area contributed by atoms with Crippen molar-refractivity contribution in [1.82, 2.24) is 34.5 Å². The molecule has 18 heteroatoms. The number of morpholine rings is 1. The number of piperidine rings is 1. The molecule has 15 nitrogen and oxygen atoms in total. The van der Waals surface area contributed by atoms with Crippen LogP contribution in [0.15, 0.2) is 54.7 Å². The fraction of sp³-hybridized carbons (Fsp3) is 0.450. The van der Waals surface area contributed by atoms with Crippen molar-refractivity contribution in [2.45, 2.75) is 63.0 Å². The van der Waals surface area contributed by atoms with E-state index in [9.17, 15) is 27.6 Å². The second-order valence-electron chi connectivity index (χ2n) is 15.0. The van der Waals surface area contributed by atoms with Crippen LogP contribution in [0.25, 0.3) is 21.9 Å². The number of anilines is 1. The molecule has 1 aliphatic carbocycles. The summed E-state index contributed by atoms with van der Waals surface area (Å²) >= 11 is 0. The van der Waals surface area contributed by atoms with Crippen molar-refractivity contribution in [3.8, 4) is 17.5 Å². The third-order valence-corrected chi connectivity index (χ3v) is 11.0. The largest absolute Gasteiger partial charge is 0.494 e. The average Bonchev–Trinajstić information content (AvgIpc) is 3.77. The van der Waals surface area contributed by atoms with E-state index in [1.165, 1.54) is 13.2 Å². The first-order valence-electron chi connectivity index (χ1n) is 19.3. The van der Waals surface area contributed by atoms with Crippen molar-refractivity contribution in [3.63, 3.8) is 0 Å². The molecular formula is C40H43F3N8O7. The summed E-state index contributed by atoms with van der Waals surface area (Å²) in [5.41, 5.74) is 0.868. The number of nitrogens with zero attached hydrogens (tertiary/aromatic N) is 6. The predicted octanol–water partition coefficient (Wildman–Crippen LogP) is 5.29. The highest BCUT2D eigenvalue weighted by molar-refractivity contribution is 6.05. The zero-order valence-corrected chi connectivity index (χ0v) is 32.0. The van der Waals surface area contributed by atoms with Gasteiger partial charge in [0, 0.05) is 57.2 Å². The minimum absolute atomic E-state index is 0.128. The van der Waals surface area contributed by atoms with E-state index in [1.807, 2.05) is 29.1 Å². The lowest BCUT2D eigenvalue weighted by molar-refractivity contribution is -0.141. The van der Waals surface area contributed by atoms with Crippen LogP contribution in [0.1, 0.15) is 60.7 Å². The summed E-state index contributed by atoms with van der Waals surface area (Å²) in [7, 11) is 3.25. The summed E-state index contributed by atoms with van der Waals surface area (Å²) in [5.74, 6) is -0.0979. The number of hydrogen-bond acceptors (Lipinski definition) is 11. The van der Waals surface area contributed by atoms with E-state index in [-0.39, 0.29) is 42.6 Å². The van der Waals surface area contributed by atoms with Crippen molar-refractivity contribution >= 4 is 45.3 Å². The van der Waals surface area contributed by atoms with Crippen molar-refractivity contribution in [2.24, 2.45) is 13.0 Å². The number of benzene rings is 2. The van der Waals surface area contributed by atoms with Gasteiger partial charge in [0.25, 0.3) is 17.8 Å². The van der Waals surface area contributed by atoms with Crippen LogP contribution in [0.3, 0.4) is 0 Å². The van der Waals surface area contributed by atoms with Crippen LogP contribution in [-0.2, 0) is 27.5 Å². The summed E-state index contributed by atoms with van der Waals surface area (Å²) in [6.07, 6.45) is 0.776. The van der Waals surface area contributed by atoms with E-state index in [0.29, 0.717) is 47.4 Å². The van der Waals surface area contributed by atoms with Crippen molar-refractivity contribution in [2.75, 3.05) is 45.3 Å². The number of hydrogen-bond donors (Lipinski definition) is 2. The van der Waals surface area contributed by atoms with E-state index in [2.05, 4.69) is 25.5 Å². The Kier molecular flexibility index (Phi) is 11.0. The minimum Gasteiger partial charge on any atom is -0.494 e. The second-order valence-corrected chi connectivity index (χ2v) is 15.0. The number of aryl methyl sites for hydroxylation is 1. The second kappa shape index (κ2) is 16.2. The fourth-order valence-corrected chi connectivity index (χ4v) is 7.96. The minimum atomic E-state index is -4.67. The Morgan fingerprint density at radius 2 is 1.83 bits per heavy atom. The number of carbonyl (C=O) groups is 3. The summed E-state index contributed by atoms with van der Waals surface area (Å²) in [6.45, 7) is 3.48. The van der Waals surface area contributed by atoms with Gasteiger partial charge >= 0.3 is 6.18 Å². The number of fused-ring (bicyclic) bond motifs is 2. The molecule has 3 aromatic heterocycles. The molecule has 3 amide bonds. The van der Waals surface area contributed by atoms with Gasteiger partial charge in [-0.2, -0.15) is 23.3 Å². The van der Waals surface area contributed by atoms with Gasteiger partial charge in [0.15, 0.2) is 6.10 Å². The molecule has 3 fully saturated rings. The van der Waals surface area contributed by atoms with Crippen LogP contribution in [0.4, 0.5) is 18.9 Å². The Balaban J connectivity index is 0.843. The van der Waals surface area contributed by atoms with E-state index >= 15 is 0 Å². The van der Waals surface area contributed by atoms with E-state index in [0.717, 1.165) is 68.4 Å². The van der Waals surface area contributed by atoms with Crippen molar-refractivity contribution < 1.29 is 46.5 Å². The van der Waals surface area contributed by atoms with Gasteiger partial charge in [0.2, 0.25) is 5.91 Å². The first-order valence-corrected chi connectivity index (χ1v) is 19.3. The van der Waals surface area contributed by atoms with Gasteiger partial charge in [0.1, 0.15) is 41.1 Å². The molecule has 5 heterocycles. The first-order chi connectivity index (χ1) is 27.9. The number of nitrogens with one attached hydrogen (secondary N) is 2. The molecule has 2 saturated heterocycles. The Bertz CT molecular complexity index is 2340. The molecule has 306 valence electrons. The lowest BCUT2D eigenvalue weighted by atomic mass is 9.85. The van der Waals surface area contributed by atoms with Crippen LogP contribution < -0.4 is 24.8 Å². The standard InChI is InChI=1S/C40H43F3N8O7/c1-49-36-27(46-39(49)58-32-13-14-35(52)47-38(32)54)5-3-7-31(36)57-22-26-21-50(15-16-56-26)19-23-9-11-25(12-10-23)51-20-24-17-30(33(55-2)18-29(24)48-51)45-37(53)28-6-4-8-34(44-28)40(41,42)43/h3-8,17-18,20,23,25-26,32H,9-16,19,21-22H2,1-2H3,(H,45,53)(H,47,52,54)/t23?,25?,26-,32?/m1/s1. The third-order valence-electron chi connectivity index (χ3n) is 11.0. The molecule has 0 bridgehead atoms. The number of aromatic nitrogens is 5. The van der Waals surface area contributed by atoms with E-state index in [4.69, 9.17) is 24.0 Å². The molecule has 2 atom stereocenters. The SMILES string of the molecule is COc1cc2nn(C3CCC(CN4CCO[C@@H](COc5cccc6nc(OC7CCC(=O)NC7=O)n(C)c56)C4)CC3)cc2cc1NC(=O)c1cccc(C(F)(F)F)n1. The zero-order valence-electron chi connectivity index (χ0n) is 32.0. The number of methoxy groups -OCH3 is 1. The number of para-hydroxylation sites is 1. The van der Waals surface area contributed by atoms with E-state index < -0.39 is 29.8 Å². The molecule has 1 unspecified atom stereocenters. The van der Waals surface area contributed by atoms with Gasteiger partial charge in [-0.15, -0.1) is 0 Å². The maximum absolute atomic E-state index is 13.2. The fourth-order valence-electron chi connectivity index (χ4n) is 7.96. The van der Waals surface area contributed by atoms with Gasteiger partial charge in [0.05, 0.1) is 36.5 Å². The molecule has 1 saturated carbocycles. The van der Waals surface area contributed by atoms with Crippen LogP contribution >= 0.6 is 0 Å². The summed E-state index contributed by atoms with van der Waals surface area (Å²) in [5, 5.41) is 10.5. The number of amides is 3. The molecule has 2 aliphatic heterocycles. The third kappa shape index (κ3) is 8.43. The molecule has 58 heavy (non-hydrogen) atoms. The summed E-state index contributed by atoms with van der Waals surface area (Å²) in [4.78, 5) is 47.2. The molecular weight excluding hydrogens is 761 g/mol. The van der Waals surface area contributed by atoms with Gasteiger partial charge < -0.3 is 24.3 Å². The van der Waals surface area contributed by atoms with Crippen molar-refractivity contribution in [1.29, 1.82) is 0 Å². The summed E-state index contributed by atoms with van der Waals surface area (Å²) in [6, 6.07) is 12.6. The number of carbonyl (C=O) groups excluding carboxylic acids is 3. The smallest absolute Gasteiger partial charge is 0.433 e. The number of imidazole rings is 1. The lowest BCUT2D eigenvalue weighted by Gasteiger charge is -2.37. The maximum atomic E-state index is 13.2. The Morgan fingerprint density at radius 3 is 2.60 bits per heavy atom. The number of imide groups is 1. The number of pyridine rings is 1. The van der Waals surface area contributed by atoms with Crippen LogP contribution in [0.2, 0.25) is 0 Å². The van der Waals surface area contributed by atoms with Gasteiger partial charge in [-0.05, 0) is 61.9 Å². The quantitative estimate of drug-likeness (QED) is 0.167. The number of ether oxygens (including phenoxy) is 4. The lowest BCUT2D eigenvalue weighted by Crippen LogP contribution is -2.47. The summed E-state index contributed by atoms with van der Waals surface area (Å²) < 4.78 is 67.1.